The minimum Gasteiger partial charge on any atom is -0.294 e. The molecule has 0 aromatic rings. The Labute approximate surface area is 111 Å². The maximum absolute atomic E-state index is 12.1. The molecular weight excluding hydrogens is 252 g/mol. The van der Waals surface area contributed by atoms with Crippen molar-refractivity contribution < 1.29 is 9.59 Å². The molecule has 1 saturated carbocycles. The van der Waals surface area contributed by atoms with Crippen LogP contribution in [0.1, 0.15) is 39.5 Å². The molecular formula is C13H18O2S2. The van der Waals surface area contributed by atoms with Gasteiger partial charge in [0.2, 0.25) is 0 Å². The fourth-order valence-corrected chi connectivity index (χ4v) is 4.86. The number of thioether (sulfide) groups is 2. The van der Waals surface area contributed by atoms with Crippen LogP contribution in [0.5, 0.6) is 0 Å². The molecule has 1 aliphatic heterocycles. The fourth-order valence-electron chi connectivity index (χ4n) is 2.21. The first-order valence-corrected chi connectivity index (χ1v) is 8.03. The van der Waals surface area contributed by atoms with Gasteiger partial charge >= 0.3 is 0 Å². The highest BCUT2D eigenvalue weighted by atomic mass is 32.2. The predicted molar refractivity (Wildman–Crippen MR) is 74.2 cm³/mol. The quantitative estimate of drug-likeness (QED) is 0.499. The molecule has 0 N–H and O–H groups in total. The summed E-state index contributed by atoms with van der Waals surface area (Å²) in [5, 5.41) is 0. The third kappa shape index (κ3) is 3.16. The van der Waals surface area contributed by atoms with E-state index in [0.29, 0.717) is 18.4 Å². The van der Waals surface area contributed by atoms with E-state index in [1.807, 2.05) is 13.8 Å². The summed E-state index contributed by atoms with van der Waals surface area (Å²) >= 11 is 3.40. The SMILES string of the molecule is CC1(C)CC(=O)C(=C2SCCCCS2)C(=O)C1. The summed E-state index contributed by atoms with van der Waals surface area (Å²) in [4.78, 5) is 24.3. The first kappa shape index (κ1) is 13.2. The van der Waals surface area contributed by atoms with Gasteiger partial charge in [0.25, 0.3) is 0 Å². The summed E-state index contributed by atoms with van der Waals surface area (Å²) in [6.07, 6.45) is 3.39. The van der Waals surface area contributed by atoms with Crippen molar-refractivity contribution in [1.82, 2.24) is 0 Å². The van der Waals surface area contributed by atoms with Gasteiger partial charge in [-0.05, 0) is 29.8 Å². The van der Waals surface area contributed by atoms with E-state index in [2.05, 4.69) is 0 Å². The molecule has 1 heterocycles. The van der Waals surface area contributed by atoms with E-state index in [-0.39, 0.29) is 17.0 Å². The Kier molecular flexibility index (Phi) is 4.03. The molecule has 2 nitrogen and oxygen atoms in total. The maximum Gasteiger partial charge on any atom is 0.168 e. The third-order valence-corrected chi connectivity index (χ3v) is 5.67. The van der Waals surface area contributed by atoms with Crippen molar-refractivity contribution in [3.63, 3.8) is 0 Å². The molecule has 94 valence electrons. The minimum absolute atomic E-state index is 0.0585. The lowest BCUT2D eigenvalue weighted by molar-refractivity contribution is -0.127. The van der Waals surface area contributed by atoms with E-state index in [0.717, 1.165) is 15.7 Å². The number of rotatable bonds is 0. The molecule has 2 fully saturated rings. The Bertz CT molecular complexity index is 351. The van der Waals surface area contributed by atoms with Crippen LogP contribution in [0, 0.1) is 5.41 Å². The molecule has 2 aliphatic rings. The molecule has 0 spiro atoms. The Morgan fingerprint density at radius 2 is 1.41 bits per heavy atom. The van der Waals surface area contributed by atoms with Gasteiger partial charge in [0, 0.05) is 12.8 Å². The van der Waals surface area contributed by atoms with Gasteiger partial charge in [0.15, 0.2) is 11.6 Å². The molecule has 0 aromatic carbocycles. The van der Waals surface area contributed by atoms with E-state index >= 15 is 0 Å². The van der Waals surface area contributed by atoms with Crippen LogP contribution in [-0.2, 0) is 9.59 Å². The van der Waals surface area contributed by atoms with Gasteiger partial charge in [0.05, 0.1) is 9.81 Å². The van der Waals surface area contributed by atoms with E-state index in [4.69, 9.17) is 0 Å². The average molecular weight is 270 g/mol. The highest BCUT2D eigenvalue weighted by Crippen LogP contribution is 2.42. The Morgan fingerprint density at radius 1 is 0.941 bits per heavy atom. The fraction of sp³-hybridized carbons (Fsp3) is 0.692. The van der Waals surface area contributed by atoms with Gasteiger partial charge in [-0.25, -0.2) is 0 Å². The molecule has 17 heavy (non-hydrogen) atoms. The summed E-state index contributed by atoms with van der Waals surface area (Å²) in [6, 6.07) is 0. The van der Waals surface area contributed by atoms with Crippen LogP contribution in [0.15, 0.2) is 9.81 Å². The van der Waals surface area contributed by atoms with Gasteiger partial charge in [-0.2, -0.15) is 0 Å². The first-order valence-electron chi connectivity index (χ1n) is 6.06. The van der Waals surface area contributed by atoms with Crippen molar-refractivity contribution in [2.45, 2.75) is 39.5 Å². The van der Waals surface area contributed by atoms with Gasteiger partial charge in [-0.15, -0.1) is 23.5 Å². The van der Waals surface area contributed by atoms with Crippen LogP contribution >= 0.6 is 23.5 Å². The summed E-state index contributed by atoms with van der Waals surface area (Å²) in [5.41, 5.74) is 0.361. The van der Waals surface area contributed by atoms with Crippen molar-refractivity contribution in [3.8, 4) is 0 Å². The zero-order chi connectivity index (χ0) is 12.5. The van der Waals surface area contributed by atoms with Crippen LogP contribution in [0.4, 0.5) is 0 Å². The number of allylic oxidation sites excluding steroid dienone is 1. The lowest BCUT2D eigenvalue weighted by atomic mass is 9.74. The van der Waals surface area contributed by atoms with Gasteiger partial charge < -0.3 is 0 Å². The van der Waals surface area contributed by atoms with Crippen molar-refractivity contribution in [2.75, 3.05) is 11.5 Å². The highest BCUT2D eigenvalue weighted by molar-refractivity contribution is 8.22. The van der Waals surface area contributed by atoms with Crippen LogP contribution in [0.3, 0.4) is 0 Å². The first-order chi connectivity index (χ1) is 7.99. The molecule has 0 aromatic heterocycles. The van der Waals surface area contributed by atoms with Crippen LogP contribution in [0.2, 0.25) is 0 Å². The molecule has 0 bridgehead atoms. The lowest BCUT2D eigenvalue weighted by Gasteiger charge is -2.29. The van der Waals surface area contributed by atoms with Crippen LogP contribution < -0.4 is 0 Å². The number of hydrogen-bond donors (Lipinski definition) is 0. The molecule has 0 atom stereocenters. The Balaban J connectivity index is 2.27. The zero-order valence-electron chi connectivity index (χ0n) is 10.4. The number of hydrogen-bond acceptors (Lipinski definition) is 4. The molecule has 0 amide bonds. The minimum atomic E-state index is -0.154. The topological polar surface area (TPSA) is 34.1 Å². The number of Topliss-reactive ketones (excluding diaryl/α,β-unsaturated/α-hetero) is 2. The average Bonchev–Trinajstić information content (AvgIpc) is 2.43. The maximum atomic E-state index is 12.1. The number of carbonyl (C=O) groups is 2. The van der Waals surface area contributed by atoms with Crippen LogP contribution in [0.25, 0.3) is 0 Å². The standard InChI is InChI=1S/C13H18O2S2/c1-13(2)7-9(14)11(10(15)8-13)12-16-5-3-4-6-17-12/h3-8H2,1-2H3. The number of carbonyl (C=O) groups excluding carboxylic acids is 2. The van der Waals surface area contributed by atoms with Crippen LogP contribution in [-0.4, -0.2) is 23.1 Å². The van der Waals surface area contributed by atoms with E-state index in [1.54, 1.807) is 23.5 Å². The largest absolute Gasteiger partial charge is 0.294 e. The summed E-state index contributed by atoms with van der Waals surface area (Å²) in [5.74, 6) is 2.19. The smallest absolute Gasteiger partial charge is 0.168 e. The molecule has 0 radical (unpaired) electrons. The molecule has 2 rings (SSSR count). The van der Waals surface area contributed by atoms with Crippen molar-refractivity contribution in [2.24, 2.45) is 5.41 Å². The summed E-state index contributed by atoms with van der Waals surface area (Å²) < 4.78 is 0.994. The van der Waals surface area contributed by atoms with Gasteiger partial charge in [0.1, 0.15) is 0 Å². The molecule has 1 aliphatic carbocycles. The second-order valence-electron chi connectivity index (χ2n) is 5.43. The van der Waals surface area contributed by atoms with Gasteiger partial charge in [-0.1, -0.05) is 13.8 Å². The zero-order valence-corrected chi connectivity index (χ0v) is 12.0. The normalized spacial score (nSPS) is 26.0. The van der Waals surface area contributed by atoms with Crippen molar-refractivity contribution >= 4 is 35.1 Å². The Hall–Kier alpha value is -0.220. The monoisotopic (exact) mass is 270 g/mol. The van der Waals surface area contributed by atoms with Crippen molar-refractivity contribution in [1.29, 1.82) is 0 Å². The third-order valence-electron chi connectivity index (χ3n) is 3.05. The predicted octanol–water partition coefficient (Wildman–Crippen LogP) is 3.42. The molecule has 1 saturated heterocycles. The highest BCUT2D eigenvalue weighted by Gasteiger charge is 2.37. The van der Waals surface area contributed by atoms with Crippen molar-refractivity contribution in [3.05, 3.63) is 9.81 Å². The molecule has 0 unspecified atom stereocenters. The second kappa shape index (κ2) is 5.19. The van der Waals surface area contributed by atoms with E-state index in [1.165, 1.54) is 12.8 Å². The summed E-state index contributed by atoms with van der Waals surface area (Å²) in [7, 11) is 0. The lowest BCUT2D eigenvalue weighted by Crippen LogP contribution is -2.32. The second-order valence-corrected chi connectivity index (χ2v) is 7.90. The summed E-state index contributed by atoms with van der Waals surface area (Å²) in [6.45, 7) is 4.00. The van der Waals surface area contributed by atoms with E-state index in [9.17, 15) is 9.59 Å². The number of ketones is 2. The molecule has 4 heteroatoms. The Morgan fingerprint density at radius 3 is 1.88 bits per heavy atom. The van der Waals surface area contributed by atoms with Gasteiger partial charge in [-0.3, -0.25) is 9.59 Å². The van der Waals surface area contributed by atoms with E-state index < -0.39 is 0 Å².